The van der Waals surface area contributed by atoms with E-state index in [1.807, 2.05) is 25.1 Å². The zero-order valence-corrected chi connectivity index (χ0v) is 13.9. The number of nitrogens with zero attached hydrogens (tertiary/aromatic N) is 1. The Bertz CT molecular complexity index is 652. The molecule has 1 aromatic heterocycles. The van der Waals surface area contributed by atoms with Crippen LogP contribution in [0.1, 0.15) is 28.8 Å². The van der Waals surface area contributed by atoms with Gasteiger partial charge in [0.25, 0.3) is 0 Å². The molecule has 128 valence electrons. The predicted molar refractivity (Wildman–Crippen MR) is 89.8 cm³/mol. The first-order valence-corrected chi connectivity index (χ1v) is 8.38. The Morgan fingerprint density at radius 1 is 1.25 bits per heavy atom. The molecule has 0 bridgehead atoms. The second-order valence-corrected chi connectivity index (χ2v) is 5.93. The monoisotopic (exact) mass is 329 g/mol. The highest BCUT2D eigenvalue weighted by molar-refractivity contribution is 5.86. The number of carbonyl (C=O) groups is 1. The molecule has 0 amide bonds. The Hall–Kier alpha value is -2.11. The number of furan rings is 1. The zero-order chi connectivity index (χ0) is 16.8. The van der Waals surface area contributed by atoms with Crippen LogP contribution in [0.5, 0.6) is 0 Å². The predicted octanol–water partition coefficient (Wildman–Crippen LogP) is 2.90. The minimum Gasteiger partial charge on any atom is -0.457 e. The van der Waals surface area contributed by atoms with Crippen molar-refractivity contribution in [2.24, 2.45) is 0 Å². The second kappa shape index (κ2) is 8.13. The van der Waals surface area contributed by atoms with Crippen molar-refractivity contribution in [2.75, 3.05) is 26.3 Å². The Morgan fingerprint density at radius 3 is 2.83 bits per heavy atom. The molecule has 1 aliphatic heterocycles. The van der Waals surface area contributed by atoms with Crippen molar-refractivity contribution in [1.29, 1.82) is 0 Å². The van der Waals surface area contributed by atoms with Gasteiger partial charge in [-0.1, -0.05) is 37.3 Å². The van der Waals surface area contributed by atoms with Crippen molar-refractivity contribution in [1.82, 2.24) is 4.90 Å². The summed E-state index contributed by atoms with van der Waals surface area (Å²) in [6.07, 6.45) is 0.653. The first-order valence-electron chi connectivity index (χ1n) is 8.38. The number of hydrogen-bond acceptors (Lipinski definition) is 5. The van der Waals surface area contributed by atoms with Crippen LogP contribution in [0, 0.1) is 0 Å². The van der Waals surface area contributed by atoms with Crippen molar-refractivity contribution in [3.05, 3.63) is 59.5 Å². The Morgan fingerprint density at radius 2 is 2.08 bits per heavy atom. The molecule has 1 aliphatic rings. The summed E-state index contributed by atoms with van der Waals surface area (Å²) >= 11 is 0. The van der Waals surface area contributed by atoms with Gasteiger partial charge in [-0.3, -0.25) is 4.90 Å². The molecule has 0 aliphatic carbocycles. The minimum atomic E-state index is -0.432. The number of rotatable bonds is 6. The highest BCUT2D eigenvalue weighted by atomic mass is 16.6. The summed E-state index contributed by atoms with van der Waals surface area (Å²) in [5.41, 5.74) is 1.28. The molecule has 1 aromatic carbocycles. The van der Waals surface area contributed by atoms with Gasteiger partial charge in [-0.15, -0.1) is 0 Å². The van der Waals surface area contributed by atoms with Gasteiger partial charge < -0.3 is 13.9 Å². The lowest BCUT2D eigenvalue weighted by Crippen LogP contribution is -2.44. The first kappa shape index (κ1) is 16.7. The number of hydrogen-bond donors (Lipinski definition) is 0. The molecule has 0 radical (unpaired) electrons. The molecular weight excluding hydrogens is 306 g/mol. The van der Waals surface area contributed by atoms with Gasteiger partial charge in [0.2, 0.25) is 5.76 Å². The van der Waals surface area contributed by atoms with E-state index >= 15 is 0 Å². The Kier molecular flexibility index (Phi) is 5.67. The molecule has 1 unspecified atom stereocenters. The van der Waals surface area contributed by atoms with Gasteiger partial charge >= 0.3 is 5.97 Å². The number of morpholine rings is 1. The summed E-state index contributed by atoms with van der Waals surface area (Å²) in [6, 6.07) is 13.8. The van der Waals surface area contributed by atoms with E-state index in [2.05, 4.69) is 17.0 Å². The van der Waals surface area contributed by atoms with E-state index in [-0.39, 0.29) is 18.5 Å². The first-order chi connectivity index (χ1) is 11.7. The highest BCUT2D eigenvalue weighted by Gasteiger charge is 2.23. The summed E-state index contributed by atoms with van der Waals surface area (Å²) in [5.74, 6) is 0.604. The van der Waals surface area contributed by atoms with Crippen LogP contribution in [0.25, 0.3) is 0 Å². The van der Waals surface area contributed by atoms with Gasteiger partial charge in [0.15, 0.2) is 0 Å². The highest BCUT2D eigenvalue weighted by Crippen LogP contribution is 2.13. The lowest BCUT2D eigenvalue weighted by molar-refractivity contribution is -0.0618. The van der Waals surface area contributed by atoms with E-state index in [1.165, 1.54) is 5.56 Å². The average Bonchev–Trinajstić information content (AvgIpc) is 3.10. The van der Waals surface area contributed by atoms with Gasteiger partial charge in [0.1, 0.15) is 18.5 Å². The summed E-state index contributed by atoms with van der Waals surface area (Å²) in [5, 5.41) is 0. The topological polar surface area (TPSA) is 51.9 Å². The maximum absolute atomic E-state index is 12.0. The van der Waals surface area contributed by atoms with Crippen LogP contribution < -0.4 is 0 Å². The molecule has 1 fully saturated rings. The van der Waals surface area contributed by atoms with Crippen LogP contribution in [0.15, 0.2) is 46.9 Å². The number of aryl methyl sites for hydroxylation is 1. The molecule has 5 heteroatoms. The van der Waals surface area contributed by atoms with E-state index in [1.54, 1.807) is 12.1 Å². The van der Waals surface area contributed by atoms with E-state index in [0.717, 1.165) is 31.8 Å². The van der Waals surface area contributed by atoms with Crippen molar-refractivity contribution >= 4 is 5.97 Å². The molecular formula is C19H23NO4. The molecule has 5 nitrogen and oxygen atoms in total. The number of esters is 1. The number of benzene rings is 1. The molecule has 3 rings (SSSR count). The normalized spacial score (nSPS) is 18.5. The largest absolute Gasteiger partial charge is 0.457 e. The van der Waals surface area contributed by atoms with Crippen LogP contribution in [-0.2, 0) is 22.4 Å². The second-order valence-electron chi connectivity index (χ2n) is 5.93. The summed E-state index contributed by atoms with van der Waals surface area (Å²) < 4.78 is 16.5. The number of carbonyl (C=O) groups excluding carboxylic acids is 1. The van der Waals surface area contributed by atoms with Gasteiger partial charge in [-0.05, 0) is 17.7 Å². The maximum atomic E-state index is 12.0. The lowest BCUT2D eigenvalue weighted by atomic mass is 10.2. The van der Waals surface area contributed by atoms with Gasteiger partial charge in [-0.2, -0.15) is 0 Å². The third-order valence-corrected chi connectivity index (χ3v) is 4.08. The molecule has 24 heavy (non-hydrogen) atoms. The molecule has 2 heterocycles. The van der Waals surface area contributed by atoms with Crippen LogP contribution in [0.3, 0.4) is 0 Å². The van der Waals surface area contributed by atoms with E-state index in [9.17, 15) is 4.79 Å². The Balaban J connectivity index is 1.47. The average molecular weight is 329 g/mol. The van der Waals surface area contributed by atoms with E-state index < -0.39 is 5.97 Å². The third kappa shape index (κ3) is 4.46. The zero-order valence-electron chi connectivity index (χ0n) is 13.9. The van der Waals surface area contributed by atoms with Crippen molar-refractivity contribution < 1.29 is 18.7 Å². The van der Waals surface area contributed by atoms with Gasteiger partial charge in [0.05, 0.1) is 6.61 Å². The molecule has 0 N–H and O–H groups in total. The smallest absolute Gasteiger partial charge is 0.374 e. The summed E-state index contributed by atoms with van der Waals surface area (Å²) in [4.78, 5) is 14.3. The number of ether oxygens (including phenoxy) is 2. The minimum absolute atomic E-state index is 0.105. The standard InChI is InChI=1S/C19H23NO4/c1-2-16-8-9-18(24-16)19(21)23-14-17-13-20(10-11-22-17)12-15-6-4-3-5-7-15/h3-9,17H,2,10-14H2,1H3. The molecule has 0 saturated carbocycles. The van der Waals surface area contributed by atoms with E-state index in [0.29, 0.717) is 6.61 Å². The molecule has 2 aromatic rings. The van der Waals surface area contributed by atoms with Crippen LogP contribution in [0.2, 0.25) is 0 Å². The Labute approximate surface area is 142 Å². The van der Waals surface area contributed by atoms with Crippen LogP contribution in [-0.4, -0.2) is 43.3 Å². The van der Waals surface area contributed by atoms with Crippen LogP contribution >= 0.6 is 0 Å². The summed E-state index contributed by atoms with van der Waals surface area (Å²) in [7, 11) is 0. The van der Waals surface area contributed by atoms with Gasteiger partial charge in [-0.25, -0.2) is 4.79 Å². The SMILES string of the molecule is CCc1ccc(C(=O)OCC2CN(Cc3ccccc3)CCO2)o1. The summed E-state index contributed by atoms with van der Waals surface area (Å²) in [6.45, 7) is 5.39. The van der Waals surface area contributed by atoms with Crippen LogP contribution in [0.4, 0.5) is 0 Å². The molecule has 1 atom stereocenters. The fourth-order valence-corrected chi connectivity index (χ4v) is 2.78. The van der Waals surface area contributed by atoms with Crippen molar-refractivity contribution in [3.8, 4) is 0 Å². The van der Waals surface area contributed by atoms with Crippen molar-refractivity contribution in [2.45, 2.75) is 26.0 Å². The lowest BCUT2D eigenvalue weighted by Gasteiger charge is -2.32. The fourth-order valence-electron chi connectivity index (χ4n) is 2.78. The molecule has 1 saturated heterocycles. The third-order valence-electron chi connectivity index (χ3n) is 4.08. The fraction of sp³-hybridized carbons (Fsp3) is 0.421. The van der Waals surface area contributed by atoms with E-state index in [4.69, 9.17) is 13.9 Å². The van der Waals surface area contributed by atoms with Gasteiger partial charge in [0, 0.05) is 26.1 Å². The molecule has 0 spiro atoms. The quantitative estimate of drug-likeness (QED) is 0.763. The van der Waals surface area contributed by atoms with Crippen molar-refractivity contribution in [3.63, 3.8) is 0 Å². The maximum Gasteiger partial charge on any atom is 0.374 e.